The van der Waals surface area contributed by atoms with Gasteiger partial charge in [-0.2, -0.15) is 0 Å². The summed E-state index contributed by atoms with van der Waals surface area (Å²) >= 11 is 3.26. The van der Waals surface area contributed by atoms with Gasteiger partial charge in [0.05, 0.1) is 10.6 Å². The van der Waals surface area contributed by atoms with Crippen LogP contribution in [0.2, 0.25) is 0 Å². The summed E-state index contributed by atoms with van der Waals surface area (Å²) in [5, 5.41) is 6.77. The van der Waals surface area contributed by atoms with Crippen LogP contribution in [-0.2, 0) is 4.74 Å². The number of amides is 1. The minimum absolute atomic E-state index is 0.418. The number of carbonyl (C=O) groups excluding carboxylic acids is 1. The number of anilines is 1. The van der Waals surface area contributed by atoms with Crippen LogP contribution < -0.4 is 5.32 Å². The summed E-state index contributed by atoms with van der Waals surface area (Å²) in [4.78, 5) is 13.9. The van der Waals surface area contributed by atoms with Crippen LogP contribution in [0.25, 0.3) is 9.75 Å². The normalized spacial score (nSPS) is 11.3. The van der Waals surface area contributed by atoms with Crippen molar-refractivity contribution in [3.8, 4) is 9.75 Å². The Labute approximate surface area is 114 Å². The summed E-state index contributed by atoms with van der Waals surface area (Å²) in [6, 6.07) is 5.93. The second-order valence-corrected chi connectivity index (χ2v) is 6.63. The van der Waals surface area contributed by atoms with Gasteiger partial charge in [-0.1, -0.05) is 6.07 Å². The first kappa shape index (κ1) is 13.1. The number of carbonyl (C=O) groups is 1. The van der Waals surface area contributed by atoms with Crippen molar-refractivity contribution in [2.75, 3.05) is 5.32 Å². The van der Waals surface area contributed by atoms with E-state index in [1.807, 2.05) is 49.7 Å². The molecule has 0 bridgehead atoms. The molecule has 2 aromatic rings. The van der Waals surface area contributed by atoms with Gasteiger partial charge in [-0.05, 0) is 43.7 Å². The van der Waals surface area contributed by atoms with Crippen molar-refractivity contribution in [3.05, 3.63) is 29.0 Å². The van der Waals surface area contributed by atoms with Gasteiger partial charge in [0, 0.05) is 4.88 Å². The molecule has 18 heavy (non-hydrogen) atoms. The van der Waals surface area contributed by atoms with Gasteiger partial charge in [0.1, 0.15) is 5.60 Å². The predicted octanol–water partition coefficient (Wildman–Crippen LogP) is 4.82. The maximum absolute atomic E-state index is 11.7. The van der Waals surface area contributed by atoms with Crippen molar-refractivity contribution in [2.45, 2.75) is 26.4 Å². The fourth-order valence-corrected chi connectivity index (χ4v) is 3.16. The molecule has 0 fully saturated rings. The van der Waals surface area contributed by atoms with Gasteiger partial charge in [-0.15, -0.1) is 22.7 Å². The minimum Gasteiger partial charge on any atom is -0.444 e. The molecule has 0 aliphatic rings. The van der Waals surface area contributed by atoms with E-state index in [1.165, 1.54) is 0 Å². The molecular weight excluding hydrogens is 266 g/mol. The van der Waals surface area contributed by atoms with Crippen molar-refractivity contribution in [2.24, 2.45) is 0 Å². The molecule has 2 heterocycles. The Morgan fingerprint density at radius 3 is 2.61 bits per heavy atom. The molecule has 0 aliphatic heterocycles. The van der Waals surface area contributed by atoms with E-state index in [2.05, 4.69) is 5.32 Å². The van der Waals surface area contributed by atoms with Crippen molar-refractivity contribution in [1.29, 1.82) is 0 Å². The average Bonchev–Trinajstić information content (AvgIpc) is 2.82. The monoisotopic (exact) mass is 281 g/mol. The van der Waals surface area contributed by atoms with E-state index >= 15 is 0 Å². The topological polar surface area (TPSA) is 38.3 Å². The standard InChI is InChI=1S/C13H15NO2S2/c1-13(2,3)16-12(15)14-9-6-8-18-11(9)10-5-4-7-17-10/h4-8H,1-3H3,(H,14,15). The summed E-state index contributed by atoms with van der Waals surface area (Å²) in [5.41, 5.74) is 0.320. The maximum atomic E-state index is 11.7. The van der Waals surface area contributed by atoms with E-state index in [4.69, 9.17) is 4.74 Å². The lowest BCUT2D eigenvalue weighted by Gasteiger charge is -2.19. The molecule has 2 rings (SSSR count). The van der Waals surface area contributed by atoms with Crippen molar-refractivity contribution < 1.29 is 9.53 Å². The van der Waals surface area contributed by atoms with E-state index in [-0.39, 0.29) is 0 Å². The number of hydrogen-bond acceptors (Lipinski definition) is 4. The fraction of sp³-hybridized carbons (Fsp3) is 0.308. The van der Waals surface area contributed by atoms with E-state index in [0.29, 0.717) is 0 Å². The van der Waals surface area contributed by atoms with Crippen LogP contribution in [0.4, 0.5) is 10.5 Å². The number of nitrogens with one attached hydrogen (secondary N) is 1. The van der Waals surface area contributed by atoms with Gasteiger partial charge < -0.3 is 4.74 Å². The minimum atomic E-state index is -0.483. The predicted molar refractivity (Wildman–Crippen MR) is 77.5 cm³/mol. The van der Waals surface area contributed by atoms with Gasteiger partial charge in [0.25, 0.3) is 0 Å². The number of thiophene rings is 2. The van der Waals surface area contributed by atoms with Gasteiger partial charge in [-0.3, -0.25) is 5.32 Å². The lowest BCUT2D eigenvalue weighted by Crippen LogP contribution is -2.27. The highest BCUT2D eigenvalue weighted by Gasteiger charge is 2.18. The molecule has 0 spiro atoms. The molecule has 1 N–H and O–H groups in total. The number of rotatable bonds is 2. The zero-order chi connectivity index (χ0) is 13.2. The summed E-state index contributed by atoms with van der Waals surface area (Å²) < 4.78 is 5.24. The van der Waals surface area contributed by atoms with Crippen LogP contribution >= 0.6 is 22.7 Å². The highest BCUT2D eigenvalue weighted by molar-refractivity contribution is 7.20. The average molecular weight is 281 g/mol. The first-order valence-electron chi connectivity index (χ1n) is 5.57. The van der Waals surface area contributed by atoms with Crippen LogP contribution in [0.15, 0.2) is 29.0 Å². The van der Waals surface area contributed by atoms with Gasteiger partial charge >= 0.3 is 6.09 Å². The summed E-state index contributed by atoms with van der Waals surface area (Å²) in [7, 11) is 0. The second kappa shape index (κ2) is 5.12. The van der Waals surface area contributed by atoms with Crippen LogP contribution in [0.1, 0.15) is 20.8 Å². The van der Waals surface area contributed by atoms with E-state index in [1.54, 1.807) is 22.7 Å². The third-order valence-electron chi connectivity index (χ3n) is 2.05. The fourth-order valence-electron chi connectivity index (χ4n) is 1.42. The highest BCUT2D eigenvalue weighted by atomic mass is 32.1. The van der Waals surface area contributed by atoms with Crippen molar-refractivity contribution in [1.82, 2.24) is 0 Å². The highest BCUT2D eigenvalue weighted by Crippen LogP contribution is 2.36. The van der Waals surface area contributed by atoms with Crippen LogP contribution in [-0.4, -0.2) is 11.7 Å². The molecule has 3 nitrogen and oxygen atoms in total. The molecule has 5 heteroatoms. The Bertz CT molecular complexity index is 523. The third kappa shape index (κ3) is 3.34. The molecular formula is C13H15NO2S2. The number of hydrogen-bond donors (Lipinski definition) is 1. The smallest absolute Gasteiger partial charge is 0.412 e. The summed E-state index contributed by atoms with van der Waals surface area (Å²) in [6.07, 6.45) is -0.418. The number of ether oxygens (including phenoxy) is 1. The zero-order valence-corrected chi connectivity index (χ0v) is 12.2. The Hall–Kier alpha value is -1.33. The van der Waals surface area contributed by atoms with Crippen LogP contribution in [0.3, 0.4) is 0 Å². The Morgan fingerprint density at radius 1 is 1.22 bits per heavy atom. The molecule has 0 saturated carbocycles. The lowest BCUT2D eigenvalue weighted by atomic mass is 10.2. The van der Waals surface area contributed by atoms with E-state index in [9.17, 15) is 4.79 Å². The van der Waals surface area contributed by atoms with Gasteiger partial charge in [0.15, 0.2) is 0 Å². The maximum Gasteiger partial charge on any atom is 0.412 e. The quantitative estimate of drug-likeness (QED) is 0.856. The second-order valence-electron chi connectivity index (χ2n) is 4.77. The molecule has 0 atom stereocenters. The van der Waals surface area contributed by atoms with Gasteiger partial charge in [-0.25, -0.2) is 4.79 Å². The van der Waals surface area contributed by atoms with Crippen molar-refractivity contribution in [3.63, 3.8) is 0 Å². The Morgan fingerprint density at radius 2 is 2.00 bits per heavy atom. The van der Waals surface area contributed by atoms with E-state index < -0.39 is 11.7 Å². The first-order valence-corrected chi connectivity index (χ1v) is 7.33. The van der Waals surface area contributed by atoms with E-state index in [0.717, 1.165) is 15.4 Å². The largest absolute Gasteiger partial charge is 0.444 e. The molecule has 0 unspecified atom stereocenters. The van der Waals surface area contributed by atoms with Gasteiger partial charge in [0.2, 0.25) is 0 Å². The van der Waals surface area contributed by atoms with Crippen LogP contribution in [0, 0.1) is 0 Å². The van der Waals surface area contributed by atoms with Crippen LogP contribution in [0.5, 0.6) is 0 Å². The summed E-state index contributed by atoms with van der Waals surface area (Å²) in [5.74, 6) is 0. The zero-order valence-electron chi connectivity index (χ0n) is 10.5. The molecule has 0 saturated heterocycles. The summed E-state index contributed by atoms with van der Waals surface area (Å²) in [6.45, 7) is 5.54. The third-order valence-corrected chi connectivity index (χ3v) is 4.01. The molecule has 1 amide bonds. The SMILES string of the molecule is CC(C)(C)OC(=O)Nc1ccsc1-c1cccs1. The molecule has 0 aromatic carbocycles. The Balaban J connectivity index is 2.12. The lowest BCUT2D eigenvalue weighted by molar-refractivity contribution is 0.0636. The molecule has 2 aromatic heterocycles. The molecule has 0 radical (unpaired) electrons. The van der Waals surface area contributed by atoms with Crippen molar-refractivity contribution >= 4 is 34.5 Å². The Kier molecular flexibility index (Phi) is 3.73. The first-order chi connectivity index (χ1) is 8.46. The molecule has 96 valence electrons. The molecule has 0 aliphatic carbocycles.